The van der Waals surface area contributed by atoms with Crippen molar-refractivity contribution in [3.8, 4) is 21.9 Å². The van der Waals surface area contributed by atoms with Gasteiger partial charge in [-0.2, -0.15) is 4.98 Å². The predicted octanol–water partition coefficient (Wildman–Crippen LogP) is 4.10. The monoisotopic (exact) mass is 475 g/mol. The zero-order valence-corrected chi connectivity index (χ0v) is 19.6. The van der Waals surface area contributed by atoms with E-state index in [9.17, 15) is 4.21 Å². The SMILES string of the molecule is C=S1(=O)C[C@@](C)(c2sc(-c3cccc(-c4nc(C5CC5)no4)c3)cc2Cl)N=C(N)N1C. The Morgan fingerprint density at radius 1 is 1.35 bits per heavy atom. The minimum absolute atomic E-state index is 0.199. The van der Waals surface area contributed by atoms with Gasteiger partial charge in [0, 0.05) is 23.4 Å². The zero-order chi connectivity index (χ0) is 22.0. The highest BCUT2D eigenvalue weighted by molar-refractivity contribution is 7.98. The van der Waals surface area contributed by atoms with Crippen molar-refractivity contribution in [3.05, 3.63) is 46.1 Å². The summed E-state index contributed by atoms with van der Waals surface area (Å²) in [5.41, 5.74) is 7.07. The van der Waals surface area contributed by atoms with Gasteiger partial charge in [0.15, 0.2) is 5.82 Å². The summed E-state index contributed by atoms with van der Waals surface area (Å²) in [5.74, 6) is 6.04. The lowest BCUT2D eigenvalue weighted by atomic mass is 10.0. The Hall–Kier alpha value is -2.36. The molecular formula is C21H22ClN5O2S2. The van der Waals surface area contributed by atoms with Gasteiger partial charge in [-0.1, -0.05) is 28.9 Å². The number of hydrogen-bond acceptors (Lipinski definition) is 7. The first-order chi connectivity index (χ1) is 14.7. The molecule has 3 aromatic rings. The van der Waals surface area contributed by atoms with Crippen LogP contribution in [0.3, 0.4) is 0 Å². The van der Waals surface area contributed by atoms with E-state index < -0.39 is 15.2 Å². The maximum absolute atomic E-state index is 13.0. The average molecular weight is 476 g/mol. The Kier molecular flexibility index (Phi) is 4.69. The average Bonchev–Trinajstić information content (AvgIpc) is 3.30. The molecule has 2 aliphatic rings. The first kappa shape index (κ1) is 20.5. The van der Waals surface area contributed by atoms with Crippen molar-refractivity contribution in [1.29, 1.82) is 0 Å². The molecule has 0 saturated heterocycles. The van der Waals surface area contributed by atoms with Crippen LogP contribution in [0.15, 0.2) is 39.8 Å². The molecule has 1 saturated carbocycles. The van der Waals surface area contributed by atoms with Crippen LogP contribution in [0.25, 0.3) is 21.9 Å². The number of aromatic nitrogens is 2. The van der Waals surface area contributed by atoms with E-state index in [0.29, 0.717) is 16.8 Å². The largest absolute Gasteiger partial charge is 0.369 e. The highest BCUT2D eigenvalue weighted by Gasteiger charge is 2.39. The standard InChI is InChI=1S/C21H22ClN5O2S2/c1-21(11-31(3,28)27(2)20(23)25-21)17-15(22)10-16(30-17)13-5-4-6-14(9-13)19-24-18(26-29-19)12-7-8-12/h4-6,9-10,12H,3,7-8,11H2,1-2H3,(H2,23,25)/t21-,31?/m0/s1. The van der Waals surface area contributed by atoms with E-state index in [1.807, 2.05) is 37.3 Å². The quantitative estimate of drug-likeness (QED) is 0.573. The third kappa shape index (κ3) is 3.64. The molecule has 0 radical (unpaired) electrons. The fourth-order valence-corrected chi connectivity index (χ4v) is 7.10. The fraction of sp³-hybridized carbons (Fsp3) is 0.333. The smallest absolute Gasteiger partial charge is 0.257 e. The van der Waals surface area contributed by atoms with Crippen LogP contribution in [0.4, 0.5) is 0 Å². The van der Waals surface area contributed by atoms with Gasteiger partial charge in [0.2, 0.25) is 5.96 Å². The summed E-state index contributed by atoms with van der Waals surface area (Å²) in [5, 5.41) is 4.67. The summed E-state index contributed by atoms with van der Waals surface area (Å²) in [6.07, 6.45) is 2.24. The molecule has 10 heteroatoms. The van der Waals surface area contributed by atoms with Crippen molar-refractivity contribution in [3.63, 3.8) is 0 Å². The number of nitrogens with zero attached hydrogens (tertiary/aromatic N) is 4. The summed E-state index contributed by atoms with van der Waals surface area (Å²) in [7, 11) is -0.937. The van der Waals surface area contributed by atoms with Crippen LogP contribution in [0.1, 0.15) is 36.4 Å². The summed E-state index contributed by atoms with van der Waals surface area (Å²) in [6.45, 7) is 1.90. The first-order valence-electron chi connectivity index (χ1n) is 9.85. The van der Waals surface area contributed by atoms with Crippen LogP contribution in [0.5, 0.6) is 0 Å². The second kappa shape index (κ2) is 7.08. The number of rotatable bonds is 4. The molecule has 1 aromatic carbocycles. The number of guanidine groups is 1. The number of benzene rings is 1. The molecule has 31 heavy (non-hydrogen) atoms. The molecule has 1 fully saturated rings. The van der Waals surface area contributed by atoms with E-state index in [2.05, 4.69) is 21.0 Å². The molecule has 162 valence electrons. The molecule has 5 rings (SSSR count). The third-order valence-electron chi connectivity index (χ3n) is 5.64. The van der Waals surface area contributed by atoms with Crippen molar-refractivity contribution in [2.24, 2.45) is 10.7 Å². The van der Waals surface area contributed by atoms with Crippen LogP contribution in [0, 0.1) is 0 Å². The summed E-state index contributed by atoms with van der Waals surface area (Å²) in [6, 6.07) is 9.83. The summed E-state index contributed by atoms with van der Waals surface area (Å²) >= 11 is 8.14. The zero-order valence-electron chi connectivity index (χ0n) is 17.2. The molecule has 3 heterocycles. The van der Waals surface area contributed by atoms with Crippen molar-refractivity contribution >= 4 is 44.5 Å². The lowest BCUT2D eigenvalue weighted by molar-refractivity contribution is 0.422. The number of halogens is 1. The minimum Gasteiger partial charge on any atom is -0.369 e. The van der Waals surface area contributed by atoms with E-state index in [1.165, 1.54) is 15.6 Å². The van der Waals surface area contributed by atoms with Crippen molar-refractivity contribution < 1.29 is 8.73 Å². The second-order valence-corrected chi connectivity index (χ2v) is 12.1. The van der Waals surface area contributed by atoms with E-state index >= 15 is 0 Å². The normalized spacial score (nSPS) is 26.2. The van der Waals surface area contributed by atoms with Gasteiger partial charge in [-0.05, 0) is 49.4 Å². The van der Waals surface area contributed by atoms with Gasteiger partial charge >= 0.3 is 0 Å². The van der Waals surface area contributed by atoms with Crippen molar-refractivity contribution in [2.45, 2.75) is 31.2 Å². The number of hydrogen-bond donors (Lipinski definition) is 1. The topological polar surface area (TPSA) is 97.6 Å². The van der Waals surface area contributed by atoms with Crippen LogP contribution >= 0.6 is 22.9 Å². The third-order valence-corrected chi connectivity index (χ3v) is 9.69. The summed E-state index contributed by atoms with van der Waals surface area (Å²) < 4.78 is 19.9. The molecule has 2 atom stereocenters. The highest BCUT2D eigenvalue weighted by Crippen LogP contribution is 2.44. The van der Waals surface area contributed by atoms with Gasteiger partial charge < -0.3 is 10.3 Å². The maximum Gasteiger partial charge on any atom is 0.257 e. The lowest BCUT2D eigenvalue weighted by Gasteiger charge is -2.36. The van der Waals surface area contributed by atoms with Crippen molar-refractivity contribution in [1.82, 2.24) is 14.4 Å². The molecule has 0 spiro atoms. The van der Waals surface area contributed by atoms with Gasteiger partial charge in [-0.15, -0.1) is 11.3 Å². The number of thiophene rings is 1. The Morgan fingerprint density at radius 2 is 2.10 bits per heavy atom. The molecule has 1 aliphatic heterocycles. The van der Waals surface area contributed by atoms with Crippen LogP contribution in [0.2, 0.25) is 5.02 Å². The molecule has 2 N–H and O–H groups in total. The Balaban J connectivity index is 1.51. The first-order valence-corrected chi connectivity index (χ1v) is 12.9. The van der Waals surface area contributed by atoms with E-state index in [1.54, 1.807) is 7.05 Å². The highest BCUT2D eigenvalue weighted by atomic mass is 35.5. The molecule has 2 aromatic heterocycles. The Morgan fingerprint density at radius 3 is 2.81 bits per heavy atom. The maximum atomic E-state index is 13.0. The van der Waals surface area contributed by atoms with Crippen LogP contribution in [-0.4, -0.2) is 43.3 Å². The predicted molar refractivity (Wildman–Crippen MR) is 127 cm³/mol. The van der Waals surface area contributed by atoms with Gasteiger partial charge in [-0.3, -0.25) is 4.31 Å². The molecule has 7 nitrogen and oxygen atoms in total. The van der Waals surface area contributed by atoms with E-state index in [-0.39, 0.29) is 11.7 Å². The molecule has 1 unspecified atom stereocenters. The minimum atomic E-state index is -2.58. The van der Waals surface area contributed by atoms with Crippen LogP contribution < -0.4 is 5.73 Å². The van der Waals surface area contributed by atoms with E-state index in [4.69, 9.17) is 21.9 Å². The second-order valence-electron chi connectivity index (χ2n) is 8.26. The van der Waals surface area contributed by atoms with E-state index in [0.717, 1.165) is 39.5 Å². The number of aliphatic imine (C=N–C) groups is 1. The summed E-state index contributed by atoms with van der Waals surface area (Å²) in [4.78, 5) is 10.9. The van der Waals surface area contributed by atoms with Gasteiger partial charge in [0.25, 0.3) is 5.89 Å². The van der Waals surface area contributed by atoms with Gasteiger partial charge in [-0.25, -0.2) is 9.20 Å². The Bertz CT molecular complexity index is 1310. The van der Waals surface area contributed by atoms with Crippen molar-refractivity contribution in [2.75, 3.05) is 12.8 Å². The fourth-order valence-electron chi connectivity index (χ4n) is 3.72. The lowest BCUT2D eigenvalue weighted by Crippen LogP contribution is -2.50. The Labute approximate surface area is 190 Å². The molecular weight excluding hydrogens is 454 g/mol. The van der Waals surface area contributed by atoms with Gasteiger partial charge in [0.05, 0.1) is 25.4 Å². The molecule has 1 aliphatic carbocycles. The van der Waals surface area contributed by atoms with Gasteiger partial charge in [0.1, 0.15) is 5.54 Å². The van der Waals surface area contributed by atoms with Crippen LogP contribution in [-0.2, 0) is 15.2 Å². The number of nitrogens with two attached hydrogens (primary N) is 1. The molecule has 0 bridgehead atoms. The molecule has 0 amide bonds.